The molecular weight excluding hydrogens is 426 g/mol. The van der Waals surface area contributed by atoms with Gasteiger partial charge in [-0.25, -0.2) is 4.98 Å². The Bertz CT molecular complexity index is 1180. The molecule has 5 nitrogen and oxygen atoms in total. The van der Waals surface area contributed by atoms with Gasteiger partial charge in [-0.3, -0.25) is 4.79 Å². The van der Waals surface area contributed by atoms with Crippen molar-refractivity contribution in [3.8, 4) is 0 Å². The number of hydrogen-bond donors (Lipinski definition) is 2. The second-order valence-corrected chi connectivity index (χ2v) is 9.57. The van der Waals surface area contributed by atoms with Crippen LogP contribution in [0.1, 0.15) is 56.7 Å². The number of carbonyl (C=O) groups is 1. The second-order valence-electron chi connectivity index (χ2n) is 7.68. The number of pyridine rings is 1. The molecule has 1 unspecified atom stereocenters. The predicted octanol–water partition coefficient (Wildman–Crippen LogP) is 6.44. The molecular formula is C24H23N3O2S2. The monoisotopic (exact) mass is 449 g/mol. The zero-order valence-electron chi connectivity index (χ0n) is 17.2. The Morgan fingerprint density at radius 3 is 2.84 bits per heavy atom. The maximum atomic E-state index is 12.8. The van der Waals surface area contributed by atoms with Gasteiger partial charge in [-0.1, -0.05) is 6.07 Å². The fourth-order valence-corrected chi connectivity index (χ4v) is 6.10. The predicted molar refractivity (Wildman–Crippen MR) is 126 cm³/mol. The number of rotatable bonds is 6. The highest BCUT2D eigenvalue weighted by Crippen LogP contribution is 2.44. The zero-order valence-corrected chi connectivity index (χ0v) is 18.8. The summed E-state index contributed by atoms with van der Waals surface area (Å²) in [6.45, 7) is 1.99. The van der Waals surface area contributed by atoms with Gasteiger partial charge >= 0.3 is 0 Å². The molecule has 0 fully saturated rings. The van der Waals surface area contributed by atoms with Crippen molar-refractivity contribution in [2.24, 2.45) is 0 Å². The number of fused-ring (bicyclic) bond motifs is 1. The average Bonchev–Trinajstić information content (AvgIpc) is 3.53. The summed E-state index contributed by atoms with van der Waals surface area (Å²) in [5.41, 5.74) is 4.66. The molecule has 1 aliphatic carbocycles. The van der Waals surface area contributed by atoms with Crippen LogP contribution in [0.25, 0.3) is 0 Å². The number of aromatic nitrogens is 1. The summed E-state index contributed by atoms with van der Waals surface area (Å²) in [4.78, 5) is 18.9. The van der Waals surface area contributed by atoms with Gasteiger partial charge < -0.3 is 15.1 Å². The topological polar surface area (TPSA) is 67.2 Å². The Hall–Kier alpha value is -2.90. The lowest BCUT2D eigenvalue weighted by atomic mass is 9.90. The molecule has 2 N–H and O–H groups in total. The molecule has 4 aromatic heterocycles. The van der Waals surface area contributed by atoms with Crippen LogP contribution in [0, 0.1) is 6.92 Å². The highest BCUT2D eigenvalue weighted by molar-refractivity contribution is 7.16. The Morgan fingerprint density at radius 1 is 1.16 bits per heavy atom. The van der Waals surface area contributed by atoms with Crippen LogP contribution in [0.2, 0.25) is 0 Å². The normalized spacial score (nSPS) is 14.1. The quantitative estimate of drug-likeness (QED) is 0.355. The summed E-state index contributed by atoms with van der Waals surface area (Å²) < 4.78 is 5.32. The van der Waals surface area contributed by atoms with E-state index in [1.165, 1.54) is 35.1 Å². The van der Waals surface area contributed by atoms with Gasteiger partial charge in [0.1, 0.15) is 10.8 Å². The van der Waals surface area contributed by atoms with Gasteiger partial charge in [0.2, 0.25) is 0 Å². The van der Waals surface area contributed by atoms with Crippen molar-refractivity contribution in [3.63, 3.8) is 0 Å². The van der Waals surface area contributed by atoms with Crippen LogP contribution in [0.15, 0.2) is 57.8 Å². The highest BCUT2D eigenvalue weighted by Gasteiger charge is 2.29. The third-order valence-corrected chi connectivity index (χ3v) is 7.45. The molecule has 0 spiro atoms. The molecule has 0 radical (unpaired) electrons. The van der Waals surface area contributed by atoms with Crippen LogP contribution in [-0.2, 0) is 12.8 Å². The lowest BCUT2D eigenvalue weighted by molar-refractivity contribution is 0.0997. The van der Waals surface area contributed by atoms with Gasteiger partial charge in [-0.15, -0.1) is 11.3 Å². The van der Waals surface area contributed by atoms with E-state index in [-0.39, 0.29) is 11.9 Å². The van der Waals surface area contributed by atoms with Crippen molar-refractivity contribution < 1.29 is 9.21 Å². The molecule has 0 saturated heterocycles. The van der Waals surface area contributed by atoms with Crippen molar-refractivity contribution in [3.05, 3.63) is 86.4 Å². The third kappa shape index (κ3) is 4.16. The molecule has 31 heavy (non-hydrogen) atoms. The largest absolute Gasteiger partial charge is 0.459 e. The lowest BCUT2D eigenvalue weighted by Gasteiger charge is -2.23. The van der Waals surface area contributed by atoms with E-state index in [9.17, 15) is 4.79 Å². The first-order chi connectivity index (χ1) is 15.2. The summed E-state index contributed by atoms with van der Waals surface area (Å²) in [5.74, 6) is 0.926. The molecule has 1 aliphatic rings. The number of anilines is 2. The number of furan rings is 1. The minimum Gasteiger partial charge on any atom is -0.459 e. The van der Waals surface area contributed by atoms with Crippen molar-refractivity contribution >= 4 is 39.4 Å². The molecule has 5 rings (SSSR count). The first-order valence-electron chi connectivity index (χ1n) is 10.4. The summed E-state index contributed by atoms with van der Waals surface area (Å²) in [5, 5.41) is 11.9. The highest BCUT2D eigenvalue weighted by atomic mass is 32.1. The summed E-state index contributed by atoms with van der Waals surface area (Å²) in [7, 11) is 0. The van der Waals surface area contributed by atoms with Gasteiger partial charge in [-0.05, 0) is 84.8 Å². The number of aryl methyl sites for hydroxylation is 2. The van der Waals surface area contributed by atoms with E-state index in [1.807, 2.05) is 25.1 Å². The number of hydrogen-bond acceptors (Lipinski definition) is 6. The molecule has 0 saturated carbocycles. The molecule has 158 valence electrons. The van der Waals surface area contributed by atoms with E-state index < -0.39 is 0 Å². The molecule has 0 aromatic carbocycles. The van der Waals surface area contributed by atoms with Gasteiger partial charge in [-0.2, -0.15) is 11.3 Å². The van der Waals surface area contributed by atoms with Crippen LogP contribution >= 0.6 is 22.7 Å². The Balaban J connectivity index is 1.59. The molecule has 1 amide bonds. The molecule has 7 heteroatoms. The summed E-state index contributed by atoms with van der Waals surface area (Å²) in [6.07, 6.45) is 5.97. The van der Waals surface area contributed by atoms with E-state index in [4.69, 9.17) is 4.42 Å². The number of nitrogens with zero attached hydrogens (tertiary/aromatic N) is 1. The SMILES string of the molecule is Cc1cccc(NC(c2ccsc2)c2c(NC(=O)c3ccco3)sc3c2CCCC3)n1. The third-order valence-electron chi connectivity index (χ3n) is 5.53. The maximum absolute atomic E-state index is 12.8. The minimum absolute atomic E-state index is 0.0921. The fraction of sp³-hybridized carbons (Fsp3) is 0.250. The van der Waals surface area contributed by atoms with E-state index in [0.717, 1.165) is 34.9 Å². The average molecular weight is 450 g/mol. The second kappa shape index (κ2) is 8.69. The van der Waals surface area contributed by atoms with Gasteiger partial charge in [0.25, 0.3) is 5.91 Å². The van der Waals surface area contributed by atoms with Crippen molar-refractivity contribution in [1.82, 2.24) is 4.98 Å². The number of thiophene rings is 2. The molecule has 0 aliphatic heterocycles. The van der Waals surface area contributed by atoms with Crippen LogP contribution in [0.5, 0.6) is 0 Å². The smallest absolute Gasteiger partial charge is 0.291 e. The number of carbonyl (C=O) groups excluding carboxylic acids is 1. The first-order valence-corrected chi connectivity index (χ1v) is 12.2. The van der Waals surface area contributed by atoms with E-state index in [2.05, 4.69) is 32.4 Å². The van der Waals surface area contributed by atoms with Crippen molar-refractivity contribution in [2.45, 2.75) is 38.6 Å². The standard InChI is InChI=1S/C24H23N3O2S2/c1-15-6-4-10-20(25-15)26-22(16-11-13-30-14-16)21-17-7-2-3-9-19(17)31-24(21)27-23(28)18-8-5-12-29-18/h4-6,8,10-14,22H,2-3,7,9H2,1H3,(H,25,26)(H,27,28). The Morgan fingerprint density at radius 2 is 2.06 bits per heavy atom. The van der Waals surface area contributed by atoms with Crippen molar-refractivity contribution in [2.75, 3.05) is 10.6 Å². The zero-order chi connectivity index (χ0) is 21.2. The Kier molecular flexibility index (Phi) is 5.61. The van der Waals surface area contributed by atoms with Gasteiger partial charge in [0.05, 0.1) is 12.3 Å². The van der Waals surface area contributed by atoms with Crippen LogP contribution in [0.3, 0.4) is 0 Å². The van der Waals surface area contributed by atoms with Crippen LogP contribution < -0.4 is 10.6 Å². The van der Waals surface area contributed by atoms with E-state index in [1.54, 1.807) is 34.8 Å². The lowest BCUT2D eigenvalue weighted by Crippen LogP contribution is -2.18. The van der Waals surface area contributed by atoms with Crippen LogP contribution in [-0.4, -0.2) is 10.9 Å². The molecule has 0 bridgehead atoms. The molecule has 1 atom stereocenters. The molecule has 4 aromatic rings. The van der Waals surface area contributed by atoms with Gasteiger partial charge in [0.15, 0.2) is 5.76 Å². The fourth-order valence-electron chi connectivity index (χ4n) is 4.09. The first kappa shape index (κ1) is 20.0. The maximum Gasteiger partial charge on any atom is 0.291 e. The van der Waals surface area contributed by atoms with E-state index >= 15 is 0 Å². The number of amides is 1. The van der Waals surface area contributed by atoms with Gasteiger partial charge in [0, 0.05) is 16.1 Å². The summed E-state index contributed by atoms with van der Waals surface area (Å²) in [6, 6.07) is 11.5. The van der Waals surface area contributed by atoms with Crippen LogP contribution in [0.4, 0.5) is 10.8 Å². The minimum atomic E-state index is -0.220. The van der Waals surface area contributed by atoms with Crippen molar-refractivity contribution in [1.29, 1.82) is 0 Å². The Labute approximate surface area is 189 Å². The van der Waals surface area contributed by atoms with E-state index in [0.29, 0.717) is 5.76 Å². The molecule has 4 heterocycles. The summed E-state index contributed by atoms with van der Waals surface area (Å²) >= 11 is 3.37. The number of nitrogens with one attached hydrogen (secondary N) is 2.